The summed E-state index contributed by atoms with van der Waals surface area (Å²) in [5.41, 5.74) is 0.915. The van der Waals surface area contributed by atoms with Gasteiger partial charge in [0.15, 0.2) is 0 Å². The van der Waals surface area contributed by atoms with Crippen LogP contribution in [0.15, 0.2) is 40.4 Å². The zero-order chi connectivity index (χ0) is 15.4. The summed E-state index contributed by atoms with van der Waals surface area (Å²) < 4.78 is 14.8. The van der Waals surface area contributed by atoms with Crippen molar-refractivity contribution < 1.29 is 23.8 Å². The van der Waals surface area contributed by atoms with E-state index in [4.69, 9.17) is 14.2 Å². The zero-order valence-corrected chi connectivity index (χ0v) is 12.6. The van der Waals surface area contributed by atoms with Crippen LogP contribution in [-0.4, -0.2) is 39.5 Å². The van der Waals surface area contributed by atoms with E-state index in [9.17, 15) is 9.59 Å². The van der Waals surface area contributed by atoms with Crippen LogP contribution in [0.3, 0.4) is 0 Å². The Kier molecular flexibility index (Phi) is 4.87. The van der Waals surface area contributed by atoms with Crippen molar-refractivity contribution in [3.63, 3.8) is 0 Å². The van der Waals surface area contributed by atoms with E-state index in [1.807, 2.05) is 0 Å². The molecule has 1 heterocycles. The second-order valence-corrected chi connectivity index (χ2v) is 4.75. The number of hydrogen-bond donors (Lipinski definition) is 1. The lowest BCUT2D eigenvalue weighted by atomic mass is 10.1. The molecule has 1 aromatic rings. The van der Waals surface area contributed by atoms with E-state index < -0.39 is 11.9 Å². The molecule has 0 spiro atoms. The summed E-state index contributed by atoms with van der Waals surface area (Å²) in [7, 11) is 2.50. The number of thiol groups is 1. The first kappa shape index (κ1) is 15.4. The summed E-state index contributed by atoms with van der Waals surface area (Å²) in [4.78, 5) is 26.2. The Balaban J connectivity index is 2.53. The third kappa shape index (κ3) is 3.20. The summed E-state index contributed by atoms with van der Waals surface area (Å²) >= 11 is 4.27. The molecule has 0 radical (unpaired) electrons. The highest BCUT2D eigenvalue weighted by atomic mass is 32.1. The Labute approximate surface area is 127 Å². The fourth-order valence-electron chi connectivity index (χ4n) is 2.01. The van der Waals surface area contributed by atoms with Gasteiger partial charge in [-0.1, -0.05) is 6.07 Å². The molecule has 1 aliphatic heterocycles. The van der Waals surface area contributed by atoms with Gasteiger partial charge in [-0.25, -0.2) is 9.59 Å². The van der Waals surface area contributed by atoms with E-state index in [1.165, 1.54) is 14.2 Å². The van der Waals surface area contributed by atoms with Gasteiger partial charge in [0.05, 0.1) is 26.4 Å². The molecule has 0 fully saturated rings. The highest BCUT2D eigenvalue weighted by molar-refractivity contribution is 7.80. The topological polar surface area (TPSA) is 65.1 Å². The summed E-state index contributed by atoms with van der Waals surface area (Å²) in [5, 5.41) is 0. The summed E-state index contributed by atoms with van der Waals surface area (Å²) in [5.74, 6) is -1.25. The Morgan fingerprint density at radius 1 is 1.24 bits per heavy atom. The second-order valence-electron chi connectivity index (χ2n) is 4.24. The summed E-state index contributed by atoms with van der Waals surface area (Å²) in [6.45, 7) is 0.121. The van der Waals surface area contributed by atoms with Gasteiger partial charge in [-0.2, -0.15) is 0 Å². The number of nitrogens with zero attached hydrogens (tertiary/aromatic N) is 1. The lowest BCUT2D eigenvalue weighted by Gasteiger charge is -2.31. The molecule has 0 atom stereocenters. The Bertz CT molecular complexity index is 599. The fourth-order valence-corrected chi connectivity index (χ4v) is 2.23. The van der Waals surface area contributed by atoms with Crippen molar-refractivity contribution in [2.45, 2.75) is 4.90 Å². The van der Waals surface area contributed by atoms with Crippen LogP contribution in [0.2, 0.25) is 0 Å². The molecule has 0 bridgehead atoms. The molecule has 0 amide bonds. The minimum Gasteiger partial charge on any atom is -0.466 e. The fraction of sp³-hybridized carbons (Fsp3) is 0.286. The average molecular weight is 309 g/mol. The molecule has 0 aromatic heterocycles. The maximum atomic E-state index is 12.1. The molecule has 0 saturated carbocycles. The number of esters is 2. The van der Waals surface area contributed by atoms with E-state index in [0.717, 1.165) is 4.90 Å². The SMILES string of the molecule is COC(=O)C1=C(C(=O)OC)N(c2cccc(S)c2)COC1. The summed E-state index contributed by atoms with van der Waals surface area (Å²) in [6, 6.07) is 7.14. The van der Waals surface area contributed by atoms with Crippen molar-refractivity contribution in [3.8, 4) is 0 Å². The second kappa shape index (κ2) is 6.64. The Morgan fingerprint density at radius 2 is 1.95 bits per heavy atom. The summed E-state index contributed by atoms with van der Waals surface area (Å²) in [6.07, 6.45) is 0. The average Bonchev–Trinajstić information content (AvgIpc) is 2.52. The van der Waals surface area contributed by atoms with Gasteiger partial charge in [-0.15, -0.1) is 12.6 Å². The molecule has 6 nitrogen and oxygen atoms in total. The standard InChI is InChI=1S/C14H15NO5S/c1-18-13(16)11-7-20-8-15(12(11)14(17)19-2)9-4-3-5-10(21)6-9/h3-6,21H,7-8H2,1-2H3. The van der Waals surface area contributed by atoms with E-state index in [-0.39, 0.29) is 24.6 Å². The Hall–Kier alpha value is -1.99. The number of ether oxygens (including phenoxy) is 3. The maximum Gasteiger partial charge on any atom is 0.355 e. The van der Waals surface area contributed by atoms with Crippen molar-refractivity contribution in [1.29, 1.82) is 0 Å². The van der Waals surface area contributed by atoms with Crippen LogP contribution in [0.1, 0.15) is 0 Å². The van der Waals surface area contributed by atoms with Crippen LogP contribution in [0, 0.1) is 0 Å². The molecular weight excluding hydrogens is 294 g/mol. The quantitative estimate of drug-likeness (QED) is 0.672. The van der Waals surface area contributed by atoms with Crippen molar-refractivity contribution in [3.05, 3.63) is 35.5 Å². The normalized spacial score (nSPS) is 14.9. The van der Waals surface area contributed by atoms with Crippen LogP contribution in [-0.2, 0) is 23.8 Å². The minimum absolute atomic E-state index is 0.00578. The molecule has 0 unspecified atom stereocenters. The molecule has 1 aromatic carbocycles. The number of rotatable bonds is 3. The largest absolute Gasteiger partial charge is 0.466 e. The lowest BCUT2D eigenvalue weighted by molar-refractivity contribution is -0.140. The maximum absolute atomic E-state index is 12.1. The van der Waals surface area contributed by atoms with Gasteiger partial charge < -0.3 is 19.1 Å². The molecule has 0 N–H and O–H groups in total. The van der Waals surface area contributed by atoms with Gasteiger partial charge in [0.25, 0.3) is 0 Å². The van der Waals surface area contributed by atoms with Crippen molar-refractivity contribution in [2.24, 2.45) is 0 Å². The zero-order valence-electron chi connectivity index (χ0n) is 11.7. The molecule has 21 heavy (non-hydrogen) atoms. The van der Waals surface area contributed by atoms with Crippen LogP contribution < -0.4 is 4.90 Å². The monoisotopic (exact) mass is 309 g/mol. The third-order valence-electron chi connectivity index (χ3n) is 2.97. The first-order valence-corrected chi connectivity index (χ1v) is 6.57. The Morgan fingerprint density at radius 3 is 2.57 bits per heavy atom. The van der Waals surface area contributed by atoms with E-state index in [2.05, 4.69) is 12.6 Å². The number of hydrogen-bond acceptors (Lipinski definition) is 7. The van der Waals surface area contributed by atoms with Gasteiger partial charge in [0, 0.05) is 10.6 Å². The number of anilines is 1. The number of methoxy groups -OCH3 is 2. The van der Waals surface area contributed by atoms with E-state index in [0.29, 0.717) is 5.69 Å². The van der Waals surface area contributed by atoms with Crippen molar-refractivity contribution in [2.75, 3.05) is 32.5 Å². The van der Waals surface area contributed by atoms with Crippen LogP contribution >= 0.6 is 12.6 Å². The predicted octanol–water partition coefficient (Wildman–Crippen LogP) is 1.37. The van der Waals surface area contributed by atoms with Gasteiger partial charge in [0.1, 0.15) is 12.4 Å². The first-order valence-electron chi connectivity index (χ1n) is 6.12. The molecule has 0 saturated heterocycles. The lowest BCUT2D eigenvalue weighted by Crippen LogP contribution is -2.38. The molecule has 0 aliphatic carbocycles. The number of carbonyl (C=O) groups excluding carboxylic acids is 2. The highest BCUT2D eigenvalue weighted by Crippen LogP contribution is 2.27. The number of carbonyl (C=O) groups is 2. The van der Waals surface area contributed by atoms with Crippen LogP contribution in [0.4, 0.5) is 5.69 Å². The first-order chi connectivity index (χ1) is 10.1. The molecule has 112 valence electrons. The van der Waals surface area contributed by atoms with Crippen molar-refractivity contribution >= 4 is 30.3 Å². The van der Waals surface area contributed by atoms with Gasteiger partial charge >= 0.3 is 11.9 Å². The van der Waals surface area contributed by atoms with E-state index in [1.54, 1.807) is 29.2 Å². The minimum atomic E-state index is -0.623. The predicted molar refractivity (Wildman–Crippen MR) is 78.1 cm³/mol. The van der Waals surface area contributed by atoms with Crippen LogP contribution in [0.5, 0.6) is 0 Å². The number of benzene rings is 1. The van der Waals surface area contributed by atoms with Gasteiger partial charge in [0.2, 0.25) is 0 Å². The van der Waals surface area contributed by atoms with Gasteiger partial charge in [-0.05, 0) is 18.2 Å². The molecular formula is C14H15NO5S. The molecule has 2 rings (SSSR count). The van der Waals surface area contributed by atoms with Gasteiger partial charge in [-0.3, -0.25) is 0 Å². The van der Waals surface area contributed by atoms with Crippen molar-refractivity contribution in [1.82, 2.24) is 0 Å². The van der Waals surface area contributed by atoms with E-state index >= 15 is 0 Å². The smallest absolute Gasteiger partial charge is 0.355 e. The molecule has 7 heteroatoms. The van der Waals surface area contributed by atoms with Crippen LogP contribution in [0.25, 0.3) is 0 Å². The molecule has 1 aliphatic rings. The third-order valence-corrected chi connectivity index (χ3v) is 3.25. The highest BCUT2D eigenvalue weighted by Gasteiger charge is 2.32.